The van der Waals surface area contributed by atoms with Crippen LogP contribution in [0.3, 0.4) is 0 Å². The van der Waals surface area contributed by atoms with Crippen LogP contribution in [0.15, 0.2) is 52.0 Å². The van der Waals surface area contributed by atoms with Crippen LogP contribution in [-0.2, 0) is 19.3 Å². The van der Waals surface area contributed by atoms with E-state index in [1.165, 1.54) is 44.8 Å². The zero-order chi connectivity index (χ0) is 19.9. The SMILES string of the molecule is COCC#Cc1cncc(C(=O)N=S(C)(=O)c2cccc(NC(C)=O)c2)c1. The molecule has 1 aromatic heterocycles. The van der Waals surface area contributed by atoms with E-state index in [-0.39, 0.29) is 18.1 Å². The highest BCUT2D eigenvalue weighted by Crippen LogP contribution is 2.18. The van der Waals surface area contributed by atoms with Crippen molar-refractivity contribution in [3.63, 3.8) is 0 Å². The minimum Gasteiger partial charge on any atom is -0.372 e. The molecule has 0 radical (unpaired) electrons. The molecule has 0 aliphatic rings. The van der Waals surface area contributed by atoms with Gasteiger partial charge in [0.15, 0.2) is 0 Å². The van der Waals surface area contributed by atoms with Gasteiger partial charge in [-0.1, -0.05) is 17.9 Å². The molecule has 0 aliphatic heterocycles. The highest BCUT2D eigenvalue weighted by Gasteiger charge is 2.13. The first-order chi connectivity index (χ1) is 12.8. The molecule has 1 unspecified atom stereocenters. The number of nitrogens with one attached hydrogen (secondary N) is 1. The zero-order valence-electron chi connectivity index (χ0n) is 15.2. The number of anilines is 1. The molecular weight excluding hydrogens is 366 g/mol. The summed E-state index contributed by atoms with van der Waals surface area (Å²) in [5, 5.41) is 2.61. The van der Waals surface area contributed by atoms with Gasteiger partial charge in [0.1, 0.15) is 6.61 Å². The van der Waals surface area contributed by atoms with Gasteiger partial charge in [-0.3, -0.25) is 14.6 Å². The summed E-state index contributed by atoms with van der Waals surface area (Å²) in [4.78, 5) is 27.9. The van der Waals surface area contributed by atoms with Crippen molar-refractivity contribution in [1.82, 2.24) is 4.98 Å². The fraction of sp³-hybridized carbons (Fsp3) is 0.211. The molecule has 0 spiro atoms. The van der Waals surface area contributed by atoms with E-state index >= 15 is 0 Å². The van der Waals surface area contributed by atoms with Gasteiger partial charge < -0.3 is 10.1 Å². The lowest BCUT2D eigenvalue weighted by Gasteiger charge is -2.07. The summed E-state index contributed by atoms with van der Waals surface area (Å²) in [6, 6.07) is 7.96. The summed E-state index contributed by atoms with van der Waals surface area (Å²) in [6.45, 7) is 1.63. The number of nitrogens with zero attached hydrogens (tertiary/aromatic N) is 2. The monoisotopic (exact) mass is 385 g/mol. The molecule has 2 rings (SSSR count). The average Bonchev–Trinajstić information content (AvgIpc) is 2.61. The Labute approximate surface area is 158 Å². The molecule has 0 bridgehead atoms. The molecule has 8 heteroatoms. The number of carbonyl (C=O) groups is 2. The molecule has 7 nitrogen and oxygen atoms in total. The van der Waals surface area contributed by atoms with Crippen molar-refractivity contribution in [3.05, 3.63) is 53.9 Å². The van der Waals surface area contributed by atoms with E-state index in [0.717, 1.165) is 0 Å². The van der Waals surface area contributed by atoms with Crippen LogP contribution in [0.2, 0.25) is 0 Å². The Hall–Kier alpha value is -3.02. The van der Waals surface area contributed by atoms with Crippen molar-refractivity contribution >= 4 is 27.2 Å². The van der Waals surface area contributed by atoms with Gasteiger partial charge in [-0.2, -0.15) is 4.36 Å². The smallest absolute Gasteiger partial charge is 0.286 e. The number of hydrogen-bond acceptors (Lipinski definition) is 5. The Balaban J connectivity index is 2.33. The Morgan fingerprint density at radius 2 is 2.07 bits per heavy atom. The Morgan fingerprint density at radius 3 is 2.78 bits per heavy atom. The fourth-order valence-corrected chi connectivity index (χ4v) is 3.32. The lowest BCUT2D eigenvalue weighted by atomic mass is 10.2. The molecule has 0 saturated heterocycles. The molecule has 0 aliphatic carbocycles. The molecule has 2 aromatic rings. The van der Waals surface area contributed by atoms with Crippen molar-refractivity contribution in [2.75, 3.05) is 25.3 Å². The maximum absolute atomic E-state index is 12.9. The van der Waals surface area contributed by atoms with E-state index in [1.54, 1.807) is 18.2 Å². The van der Waals surface area contributed by atoms with Crippen molar-refractivity contribution in [2.24, 2.45) is 4.36 Å². The number of benzene rings is 1. The van der Waals surface area contributed by atoms with E-state index in [0.29, 0.717) is 16.1 Å². The summed E-state index contributed by atoms with van der Waals surface area (Å²) in [6.07, 6.45) is 4.23. The van der Waals surface area contributed by atoms with Gasteiger partial charge >= 0.3 is 0 Å². The van der Waals surface area contributed by atoms with Crippen LogP contribution in [0.5, 0.6) is 0 Å². The Morgan fingerprint density at radius 1 is 1.30 bits per heavy atom. The first-order valence-electron chi connectivity index (χ1n) is 7.89. The fourth-order valence-electron chi connectivity index (χ4n) is 2.11. The zero-order valence-corrected chi connectivity index (χ0v) is 16.0. The van der Waals surface area contributed by atoms with Gasteiger partial charge in [0.2, 0.25) is 5.91 Å². The van der Waals surface area contributed by atoms with Crippen LogP contribution in [0.4, 0.5) is 5.69 Å². The Kier molecular flexibility index (Phi) is 6.82. The predicted octanol–water partition coefficient (Wildman–Crippen LogP) is 2.33. The van der Waals surface area contributed by atoms with Gasteiger partial charge in [0.25, 0.3) is 5.91 Å². The third kappa shape index (κ3) is 6.02. The molecule has 1 heterocycles. The number of amides is 2. The topological polar surface area (TPSA) is 97.7 Å². The molecule has 0 fully saturated rings. The maximum Gasteiger partial charge on any atom is 0.286 e. The third-order valence-electron chi connectivity index (χ3n) is 3.28. The number of carbonyl (C=O) groups excluding carboxylic acids is 2. The second kappa shape index (κ2) is 9.07. The molecular formula is C19H19N3O4S. The molecule has 1 N–H and O–H groups in total. The molecule has 27 heavy (non-hydrogen) atoms. The number of methoxy groups -OCH3 is 1. The molecule has 1 atom stereocenters. The second-order valence-electron chi connectivity index (χ2n) is 5.61. The van der Waals surface area contributed by atoms with Crippen molar-refractivity contribution < 1.29 is 18.5 Å². The van der Waals surface area contributed by atoms with E-state index in [2.05, 4.69) is 26.5 Å². The van der Waals surface area contributed by atoms with Crippen molar-refractivity contribution in [1.29, 1.82) is 0 Å². The van der Waals surface area contributed by atoms with E-state index < -0.39 is 15.6 Å². The van der Waals surface area contributed by atoms with Gasteiger partial charge in [-0.15, -0.1) is 0 Å². The van der Waals surface area contributed by atoms with Gasteiger partial charge in [0, 0.05) is 48.8 Å². The van der Waals surface area contributed by atoms with Crippen molar-refractivity contribution in [2.45, 2.75) is 11.8 Å². The number of pyridine rings is 1. The van der Waals surface area contributed by atoms with Crippen LogP contribution in [-0.4, -0.2) is 41.0 Å². The second-order valence-corrected chi connectivity index (χ2v) is 7.86. The number of aromatic nitrogens is 1. The lowest BCUT2D eigenvalue weighted by molar-refractivity contribution is -0.114. The largest absolute Gasteiger partial charge is 0.372 e. The molecule has 1 aromatic carbocycles. The highest BCUT2D eigenvalue weighted by atomic mass is 32.2. The summed E-state index contributed by atoms with van der Waals surface area (Å²) in [5.74, 6) is 4.68. The van der Waals surface area contributed by atoms with E-state index in [4.69, 9.17) is 4.74 Å². The van der Waals surface area contributed by atoms with Crippen LogP contribution < -0.4 is 5.32 Å². The minimum atomic E-state index is -3.01. The molecule has 0 saturated carbocycles. The number of ether oxygens (including phenoxy) is 1. The summed E-state index contributed by atoms with van der Waals surface area (Å²) in [7, 11) is -1.48. The predicted molar refractivity (Wildman–Crippen MR) is 103 cm³/mol. The number of hydrogen-bond donors (Lipinski definition) is 1. The van der Waals surface area contributed by atoms with Gasteiger partial charge in [0.05, 0.1) is 15.3 Å². The maximum atomic E-state index is 12.9. The quantitative estimate of drug-likeness (QED) is 0.815. The van der Waals surface area contributed by atoms with E-state index in [9.17, 15) is 13.8 Å². The molecule has 2 amide bonds. The summed E-state index contributed by atoms with van der Waals surface area (Å²) >= 11 is 0. The lowest BCUT2D eigenvalue weighted by Crippen LogP contribution is -2.08. The van der Waals surface area contributed by atoms with Crippen molar-refractivity contribution in [3.8, 4) is 11.8 Å². The third-order valence-corrected chi connectivity index (χ3v) is 4.93. The number of rotatable bonds is 4. The standard InChI is InChI=1S/C19H19N3O4S/c1-14(23)21-17-7-4-8-18(11-17)27(3,25)22-19(24)16-10-15(12-20-13-16)6-5-9-26-2/h4,7-8,10-13H,9H2,1-3H3,(H,21,23). The Bertz CT molecular complexity index is 1040. The van der Waals surface area contributed by atoms with Crippen LogP contribution >= 0.6 is 0 Å². The van der Waals surface area contributed by atoms with Gasteiger partial charge in [-0.05, 0) is 24.3 Å². The van der Waals surface area contributed by atoms with Gasteiger partial charge in [-0.25, -0.2) is 4.21 Å². The average molecular weight is 385 g/mol. The van der Waals surface area contributed by atoms with Crippen LogP contribution in [0, 0.1) is 11.8 Å². The summed E-state index contributed by atoms with van der Waals surface area (Å²) in [5.41, 5.74) is 1.20. The summed E-state index contributed by atoms with van der Waals surface area (Å²) < 4.78 is 21.7. The van der Waals surface area contributed by atoms with E-state index in [1.807, 2.05) is 0 Å². The normalized spacial score (nSPS) is 12.3. The van der Waals surface area contributed by atoms with Crippen LogP contribution in [0.25, 0.3) is 0 Å². The highest BCUT2D eigenvalue weighted by molar-refractivity contribution is 7.93. The first kappa shape index (κ1) is 20.3. The molecule has 140 valence electrons. The van der Waals surface area contributed by atoms with Crippen LogP contribution in [0.1, 0.15) is 22.8 Å². The minimum absolute atomic E-state index is 0.187. The first-order valence-corrected chi connectivity index (χ1v) is 9.81.